The van der Waals surface area contributed by atoms with E-state index in [1.165, 1.54) is 21.5 Å². The molecule has 0 radical (unpaired) electrons. The normalized spacial score (nSPS) is 21.1. The van der Waals surface area contributed by atoms with Crippen molar-refractivity contribution in [2.45, 2.75) is 140 Å². The lowest BCUT2D eigenvalue weighted by atomic mass is 9.79. The van der Waals surface area contributed by atoms with Crippen LogP contribution in [0.4, 0.5) is 0 Å². The Bertz CT molecular complexity index is 3540. The molecule has 0 amide bonds. The Morgan fingerprint density at radius 2 is 0.852 bits per heavy atom. The number of aryl methyl sites for hydroxylation is 2. The topological polar surface area (TPSA) is 186 Å². The van der Waals surface area contributed by atoms with E-state index in [0.717, 1.165) is 51.3 Å². The molecule has 3 N–H and O–H groups in total. The molecule has 11 rings (SSSR count). The van der Waals surface area contributed by atoms with Crippen LogP contribution in [0.3, 0.4) is 0 Å². The van der Waals surface area contributed by atoms with Crippen LogP contribution >= 0.6 is 8.60 Å². The van der Waals surface area contributed by atoms with Crippen molar-refractivity contribution in [2.75, 3.05) is 19.8 Å². The molecule has 2 aromatic heterocycles. The summed E-state index contributed by atoms with van der Waals surface area (Å²) >= 11 is 0. The fourth-order valence-corrected chi connectivity index (χ4v) is 24.1. The van der Waals surface area contributed by atoms with Crippen molar-refractivity contribution in [3.8, 4) is 0 Å². The fourth-order valence-electron chi connectivity index (χ4n) is 13.3. The summed E-state index contributed by atoms with van der Waals surface area (Å²) in [4.78, 5) is 58.8. The van der Waals surface area contributed by atoms with Gasteiger partial charge in [0.25, 0.3) is 27.8 Å². The number of aromatic amines is 2. The summed E-state index contributed by atoms with van der Waals surface area (Å²) in [7, 11) is -9.04. The van der Waals surface area contributed by atoms with Crippen LogP contribution < -0.4 is 48.6 Å². The van der Waals surface area contributed by atoms with Gasteiger partial charge in [0.1, 0.15) is 30.3 Å². The second kappa shape index (κ2) is 26.4. The van der Waals surface area contributed by atoms with E-state index in [0.29, 0.717) is 11.1 Å². The number of nitrogens with zero attached hydrogens (tertiary/aromatic N) is 2. The zero-order chi connectivity index (χ0) is 61.8. The van der Waals surface area contributed by atoms with Gasteiger partial charge in [0.05, 0.1) is 25.4 Å². The highest BCUT2D eigenvalue weighted by Gasteiger charge is 2.56. The van der Waals surface area contributed by atoms with Crippen molar-refractivity contribution in [3.63, 3.8) is 0 Å². The lowest BCUT2D eigenvalue weighted by Crippen LogP contribution is -2.67. The third-order valence-electron chi connectivity index (χ3n) is 17.7. The second-order valence-corrected chi connectivity index (χ2v) is 35.0. The van der Waals surface area contributed by atoms with E-state index in [1.807, 2.05) is 109 Å². The molecule has 3 saturated heterocycles. The molecule has 88 heavy (non-hydrogen) atoms. The number of aromatic nitrogens is 4. The molecule has 7 atom stereocenters. The van der Waals surface area contributed by atoms with Gasteiger partial charge in [-0.25, -0.2) is 9.59 Å². The number of rotatable bonds is 21. The van der Waals surface area contributed by atoms with E-state index in [-0.39, 0.29) is 32.1 Å². The minimum Gasteiger partial charge on any atom is -0.405 e. The maximum Gasteiger partial charge on any atom is 0.334 e. The Hall–Kier alpha value is -6.78. The van der Waals surface area contributed by atoms with Crippen molar-refractivity contribution in [1.82, 2.24) is 24.4 Å². The summed E-state index contributed by atoms with van der Waals surface area (Å²) in [6, 6.07) is 61.4. The molecule has 5 heterocycles. The molecule has 16 nitrogen and oxygen atoms in total. The van der Waals surface area contributed by atoms with Crippen LogP contribution in [0, 0.1) is 13.8 Å². The number of H-pyrrole nitrogens is 2. The minimum atomic E-state index is -3.23. The Labute approximate surface area is 517 Å². The van der Waals surface area contributed by atoms with Gasteiger partial charge in [-0.05, 0) is 75.2 Å². The molecule has 0 spiro atoms. The molecule has 0 unspecified atom stereocenters. The quantitative estimate of drug-likeness (QED) is 0.0459. The van der Waals surface area contributed by atoms with Gasteiger partial charge >= 0.3 is 20.0 Å². The third-order valence-corrected chi connectivity index (χ3v) is 29.0. The first-order chi connectivity index (χ1) is 42.3. The van der Waals surface area contributed by atoms with E-state index in [9.17, 15) is 19.2 Å². The monoisotopic (exact) mass is 1240 g/mol. The van der Waals surface area contributed by atoms with Gasteiger partial charge < -0.3 is 32.7 Å². The summed E-state index contributed by atoms with van der Waals surface area (Å²) in [5.41, 5.74) is -1.08. The van der Waals surface area contributed by atoms with E-state index in [1.54, 1.807) is 13.8 Å². The Kier molecular flexibility index (Phi) is 18.8. The summed E-state index contributed by atoms with van der Waals surface area (Å²) in [6.45, 7) is 17.4. The molecule has 0 aliphatic carbocycles. The average molecular weight is 1240 g/mol. The van der Waals surface area contributed by atoms with Gasteiger partial charge in [-0.1, -0.05) is 224 Å². The van der Waals surface area contributed by atoms with Crippen molar-refractivity contribution in [1.29, 1.82) is 0 Å². The predicted molar refractivity (Wildman–Crippen MR) is 349 cm³/mol. The summed E-state index contributed by atoms with van der Waals surface area (Å²) < 4.78 is 55.6. The molecular weight excluding hydrogens is 1160 g/mol. The number of ether oxygens (including phenoxy) is 2. The van der Waals surface area contributed by atoms with E-state index in [4.69, 9.17) is 31.9 Å². The molecule has 3 aliphatic rings. The van der Waals surface area contributed by atoms with Crippen LogP contribution in [0.1, 0.15) is 102 Å². The first kappa shape index (κ1) is 62.8. The van der Waals surface area contributed by atoms with Gasteiger partial charge in [0.2, 0.25) is 0 Å². The van der Waals surface area contributed by atoms with Crippen molar-refractivity contribution in [3.05, 3.63) is 258 Å². The van der Waals surface area contributed by atoms with Gasteiger partial charge in [-0.2, -0.15) is 0 Å². The molecule has 3 fully saturated rings. The zero-order valence-electron chi connectivity index (χ0n) is 51.3. The number of benzene rings is 6. The van der Waals surface area contributed by atoms with Gasteiger partial charge in [-0.15, -0.1) is 0 Å². The van der Waals surface area contributed by atoms with Crippen molar-refractivity contribution < 1.29 is 31.9 Å². The van der Waals surface area contributed by atoms with E-state index >= 15 is 0 Å². The zero-order valence-corrected chi connectivity index (χ0v) is 54.2. The molecule has 3 aliphatic heterocycles. The van der Waals surface area contributed by atoms with Crippen LogP contribution in [-0.2, 0) is 37.5 Å². The van der Waals surface area contributed by atoms with Gasteiger partial charge in [-0.3, -0.25) is 33.2 Å². The summed E-state index contributed by atoms with van der Waals surface area (Å²) in [6.07, 6.45) is -0.364. The highest BCUT2D eigenvalue weighted by atomic mass is 31.2. The van der Waals surface area contributed by atoms with Crippen LogP contribution in [-0.4, -0.2) is 86.0 Å². The third kappa shape index (κ3) is 12.5. The maximum absolute atomic E-state index is 14.0. The Morgan fingerprint density at radius 3 is 1.17 bits per heavy atom. The number of hydrogen-bond acceptors (Lipinski definition) is 12. The molecule has 0 saturated carbocycles. The summed E-state index contributed by atoms with van der Waals surface area (Å²) in [5.74, 6) is 0. The lowest BCUT2D eigenvalue weighted by Gasteiger charge is -2.44. The summed E-state index contributed by atoms with van der Waals surface area (Å²) in [5, 5.41) is 7.28. The highest BCUT2D eigenvalue weighted by molar-refractivity contribution is 7.41. The molecular formula is C69H80N5O11PSi2. The Balaban J connectivity index is 1.06. The van der Waals surface area contributed by atoms with Crippen molar-refractivity contribution >= 4 is 46.0 Å². The maximum atomic E-state index is 14.0. The van der Waals surface area contributed by atoms with Crippen LogP contribution in [0.15, 0.2) is 214 Å². The highest BCUT2D eigenvalue weighted by Crippen LogP contribution is 2.57. The lowest BCUT2D eigenvalue weighted by molar-refractivity contribution is -0.0579. The van der Waals surface area contributed by atoms with E-state index in [2.05, 4.69) is 130 Å². The minimum absolute atomic E-state index is 0.0272. The molecule has 0 bridgehead atoms. The van der Waals surface area contributed by atoms with Gasteiger partial charge in [0.15, 0.2) is 0 Å². The van der Waals surface area contributed by atoms with Crippen molar-refractivity contribution in [2.24, 2.45) is 0 Å². The predicted octanol–water partition coefficient (Wildman–Crippen LogP) is 9.14. The standard InChI is InChI=1S/C69H80N5O11PSi2/c1-48-44-73(65(77)71-63(48)75)61-42-56(58(81-61)46-79-87(67(3,4)5,52-32-19-11-20-33-52)53-34-21-12-22-35-53)83-86(85-69(60-40-27-41-70-60,50-28-15-9-16-29-50)51-30-17-10-18-31-51)84-57-43-62(74-45-49(2)64(76)72-66(74)78)82-59(57)47-80-88(68(6,7)8,54-36-23-13-24-37-54)55-38-25-14-26-39-55/h9-26,28-39,44-45,56-62,70H,27,40-43,46-47H2,1-8H3,(H,71,75,77)(H,72,76,78)/t56-,57-,58+,59+,60-,61+,62+/m0/s1. The number of hydrogen-bond donors (Lipinski definition) is 3. The Morgan fingerprint density at radius 1 is 0.511 bits per heavy atom. The second-order valence-electron chi connectivity index (χ2n) is 25.4. The smallest absolute Gasteiger partial charge is 0.334 e. The molecule has 6 aromatic carbocycles. The molecule has 8 aromatic rings. The van der Waals surface area contributed by atoms with Crippen LogP contribution in [0.25, 0.3) is 0 Å². The first-order valence-corrected chi connectivity index (χ1v) is 35.4. The fraction of sp³-hybridized carbons (Fsp3) is 0.362. The van der Waals surface area contributed by atoms with Gasteiger partial charge in [0, 0.05) is 42.4 Å². The first-order valence-electron chi connectivity index (χ1n) is 30.4. The van der Waals surface area contributed by atoms with Crippen LogP contribution in [0.2, 0.25) is 10.1 Å². The molecule has 19 heteroatoms. The largest absolute Gasteiger partial charge is 0.405 e. The SMILES string of the molecule is Cc1cn([C@H]2C[C@H](OP(O[C@H]3C[C@H](n4cc(C)c(=O)[nH]c4=O)O[C@@H]3CO[Si](c3ccccc3)(c3ccccc3)C(C)(C)C)OC(c3ccccc3)(c3ccccc3)[C@@H]3CCCN3)[C@@H](CO[Si](c3ccccc3)(c3ccccc3)C(C)(C)C)O2)c(=O)[nH]c1=O. The van der Waals surface area contributed by atoms with Crippen LogP contribution in [0.5, 0.6) is 0 Å². The average Bonchev–Trinajstić information content (AvgIpc) is 1.02. The molecule has 460 valence electrons. The van der Waals surface area contributed by atoms with E-state index < -0.39 is 100 Å². The number of nitrogens with one attached hydrogen (secondary N) is 3.